The molecule has 2 amide bonds. The summed E-state index contributed by atoms with van der Waals surface area (Å²) in [4.78, 5) is 24.0. The van der Waals surface area contributed by atoms with E-state index in [-0.39, 0.29) is 5.96 Å². The first-order valence-corrected chi connectivity index (χ1v) is 9.44. The molecule has 9 N–H and O–H groups in total. The average molecular weight is 396 g/mol. The highest BCUT2D eigenvalue weighted by Gasteiger charge is 2.21. The maximum Gasteiger partial charge on any atom is 0.240 e. The molecule has 0 aliphatic heterocycles. The molecule has 0 aliphatic carbocycles. The molecule has 0 heterocycles. The third-order valence-electron chi connectivity index (χ3n) is 4.50. The number of amides is 2. The van der Waals surface area contributed by atoms with Crippen LogP contribution in [-0.2, 0) is 16.0 Å². The number of primary amides is 1. The first kappa shape index (κ1) is 21.9. The second-order valence-electron chi connectivity index (χ2n) is 6.82. The number of nitrogens with one attached hydrogen (secondary N) is 3. The van der Waals surface area contributed by atoms with Crippen molar-refractivity contribution in [1.29, 1.82) is 5.41 Å². The second-order valence-corrected chi connectivity index (χ2v) is 6.82. The van der Waals surface area contributed by atoms with Crippen LogP contribution >= 0.6 is 0 Å². The average Bonchev–Trinajstić information content (AvgIpc) is 2.71. The number of hydrogen-bond donors (Lipinski definition) is 6. The summed E-state index contributed by atoms with van der Waals surface area (Å²) in [6.45, 7) is 0.412. The Kier molecular flexibility index (Phi) is 8.17. The van der Waals surface area contributed by atoms with E-state index in [9.17, 15) is 9.59 Å². The molecule has 2 rings (SSSR count). The third-order valence-corrected chi connectivity index (χ3v) is 4.50. The van der Waals surface area contributed by atoms with Crippen LogP contribution in [0.25, 0.3) is 11.1 Å². The fourth-order valence-corrected chi connectivity index (χ4v) is 2.90. The summed E-state index contributed by atoms with van der Waals surface area (Å²) in [5.41, 5.74) is 19.7. The van der Waals surface area contributed by atoms with Crippen LogP contribution in [0.15, 0.2) is 54.6 Å². The van der Waals surface area contributed by atoms with E-state index in [4.69, 9.17) is 22.6 Å². The number of guanidine groups is 1. The summed E-state index contributed by atoms with van der Waals surface area (Å²) in [6.07, 6.45) is 1.20. The minimum atomic E-state index is -0.817. The van der Waals surface area contributed by atoms with Gasteiger partial charge in [-0.25, -0.2) is 0 Å². The summed E-state index contributed by atoms with van der Waals surface area (Å²) in [7, 11) is 0. The maximum atomic E-state index is 12.4. The highest BCUT2D eigenvalue weighted by Crippen LogP contribution is 2.19. The molecule has 0 fully saturated rings. The minimum absolute atomic E-state index is 0.148. The molecule has 0 aliphatic rings. The van der Waals surface area contributed by atoms with Gasteiger partial charge >= 0.3 is 0 Å². The molecule has 0 spiro atoms. The number of benzene rings is 2. The lowest BCUT2D eigenvalue weighted by atomic mass is 10.0. The molecule has 29 heavy (non-hydrogen) atoms. The Labute approximate surface area is 170 Å². The topological polar surface area (TPSA) is 160 Å². The van der Waals surface area contributed by atoms with Gasteiger partial charge in [0.2, 0.25) is 11.8 Å². The lowest BCUT2D eigenvalue weighted by Gasteiger charge is -2.19. The van der Waals surface area contributed by atoms with Crippen LogP contribution in [0.5, 0.6) is 0 Å². The zero-order chi connectivity index (χ0) is 21.2. The molecular weight excluding hydrogens is 368 g/mol. The zero-order valence-electron chi connectivity index (χ0n) is 16.2. The van der Waals surface area contributed by atoms with Gasteiger partial charge in [-0.3, -0.25) is 15.0 Å². The Morgan fingerprint density at radius 1 is 0.966 bits per heavy atom. The van der Waals surface area contributed by atoms with Gasteiger partial charge in [0, 0.05) is 6.54 Å². The largest absolute Gasteiger partial charge is 0.370 e. The van der Waals surface area contributed by atoms with Crippen LogP contribution in [0, 0.1) is 5.41 Å². The van der Waals surface area contributed by atoms with E-state index in [1.54, 1.807) is 0 Å². The molecule has 0 radical (unpaired) electrons. The lowest BCUT2D eigenvalue weighted by Crippen LogP contribution is -2.51. The van der Waals surface area contributed by atoms with Crippen molar-refractivity contribution < 1.29 is 9.59 Å². The smallest absolute Gasteiger partial charge is 0.240 e. The molecule has 0 bridgehead atoms. The summed E-state index contributed by atoms with van der Waals surface area (Å²) >= 11 is 0. The lowest BCUT2D eigenvalue weighted by molar-refractivity contribution is -0.128. The SMILES string of the molecule is N=C(N)NCCC[C@@H](NC(=O)[C@H](N)Cc1ccc(-c2ccccc2)cc1)C(N)=O. The molecule has 154 valence electrons. The van der Waals surface area contributed by atoms with Crippen LogP contribution in [0.2, 0.25) is 0 Å². The molecule has 0 saturated heterocycles. The van der Waals surface area contributed by atoms with Gasteiger partial charge in [0.25, 0.3) is 0 Å². The van der Waals surface area contributed by atoms with Crippen molar-refractivity contribution in [2.45, 2.75) is 31.3 Å². The normalized spacial score (nSPS) is 12.6. The number of hydrogen-bond acceptors (Lipinski definition) is 4. The van der Waals surface area contributed by atoms with E-state index in [0.717, 1.165) is 16.7 Å². The van der Waals surface area contributed by atoms with E-state index < -0.39 is 23.9 Å². The quantitative estimate of drug-likeness (QED) is 0.195. The number of carbonyl (C=O) groups is 2. The van der Waals surface area contributed by atoms with Gasteiger partial charge in [0.15, 0.2) is 5.96 Å². The highest BCUT2D eigenvalue weighted by atomic mass is 16.2. The predicted molar refractivity (Wildman–Crippen MR) is 114 cm³/mol. The van der Waals surface area contributed by atoms with Crippen molar-refractivity contribution in [2.75, 3.05) is 6.54 Å². The molecule has 0 aromatic heterocycles. The molecule has 2 atom stereocenters. The summed E-state index contributed by atoms with van der Waals surface area (Å²) < 4.78 is 0. The van der Waals surface area contributed by atoms with Gasteiger partial charge in [-0.05, 0) is 36.0 Å². The van der Waals surface area contributed by atoms with Gasteiger partial charge in [-0.15, -0.1) is 0 Å². The molecule has 2 aromatic carbocycles. The standard InChI is InChI=1S/C21H28N6O2/c22-17(20(29)27-18(19(23)28)7-4-12-26-21(24)25)13-14-8-10-16(11-9-14)15-5-2-1-3-6-15/h1-3,5-6,8-11,17-18H,4,7,12-13,22H2,(H2,23,28)(H,27,29)(H4,24,25,26)/t17-,18-/m1/s1. The first-order chi connectivity index (χ1) is 13.9. The monoisotopic (exact) mass is 396 g/mol. The van der Waals surface area contributed by atoms with E-state index in [0.29, 0.717) is 25.8 Å². The summed E-state index contributed by atoms with van der Waals surface area (Å²) in [6, 6.07) is 16.2. The summed E-state index contributed by atoms with van der Waals surface area (Å²) in [5, 5.41) is 12.3. The molecule has 8 heteroatoms. The maximum absolute atomic E-state index is 12.4. The highest BCUT2D eigenvalue weighted by molar-refractivity contribution is 5.89. The van der Waals surface area contributed by atoms with Crippen molar-refractivity contribution in [1.82, 2.24) is 10.6 Å². The molecule has 8 nitrogen and oxygen atoms in total. The number of nitrogens with two attached hydrogens (primary N) is 3. The Morgan fingerprint density at radius 3 is 2.17 bits per heavy atom. The van der Waals surface area contributed by atoms with Crippen LogP contribution in [0.1, 0.15) is 18.4 Å². The molecular formula is C21H28N6O2. The van der Waals surface area contributed by atoms with Crippen LogP contribution in [0.3, 0.4) is 0 Å². The first-order valence-electron chi connectivity index (χ1n) is 9.44. The van der Waals surface area contributed by atoms with Gasteiger partial charge in [0.1, 0.15) is 6.04 Å². The van der Waals surface area contributed by atoms with Crippen molar-refractivity contribution in [3.63, 3.8) is 0 Å². The number of carbonyl (C=O) groups excluding carboxylic acids is 2. The zero-order valence-corrected chi connectivity index (χ0v) is 16.2. The van der Waals surface area contributed by atoms with Gasteiger partial charge < -0.3 is 27.8 Å². The third kappa shape index (κ3) is 7.27. The van der Waals surface area contributed by atoms with Crippen molar-refractivity contribution in [3.8, 4) is 11.1 Å². The fourth-order valence-electron chi connectivity index (χ4n) is 2.90. The molecule has 0 saturated carbocycles. The van der Waals surface area contributed by atoms with Crippen LogP contribution in [-0.4, -0.2) is 36.4 Å². The van der Waals surface area contributed by atoms with Crippen LogP contribution < -0.4 is 27.8 Å². The van der Waals surface area contributed by atoms with E-state index >= 15 is 0 Å². The van der Waals surface area contributed by atoms with Gasteiger partial charge in [-0.2, -0.15) is 0 Å². The van der Waals surface area contributed by atoms with E-state index in [2.05, 4.69) is 10.6 Å². The fraction of sp³-hybridized carbons (Fsp3) is 0.286. The predicted octanol–water partition coefficient (Wildman–Crippen LogP) is 0.457. The van der Waals surface area contributed by atoms with E-state index in [1.165, 1.54) is 0 Å². The molecule has 2 aromatic rings. The molecule has 0 unspecified atom stereocenters. The Bertz CT molecular complexity index is 823. The minimum Gasteiger partial charge on any atom is -0.370 e. The number of rotatable bonds is 10. The summed E-state index contributed by atoms with van der Waals surface area (Å²) in [5.74, 6) is -1.20. The van der Waals surface area contributed by atoms with Crippen LogP contribution in [0.4, 0.5) is 0 Å². The Balaban J connectivity index is 1.88. The second kappa shape index (κ2) is 10.8. The Morgan fingerprint density at radius 2 is 1.59 bits per heavy atom. The Hall–Kier alpha value is -3.39. The van der Waals surface area contributed by atoms with Crippen molar-refractivity contribution >= 4 is 17.8 Å². The van der Waals surface area contributed by atoms with Gasteiger partial charge in [0.05, 0.1) is 6.04 Å². The van der Waals surface area contributed by atoms with E-state index in [1.807, 2.05) is 54.6 Å². The van der Waals surface area contributed by atoms with Crippen molar-refractivity contribution in [2.24, 2.45) is 17.2 Å². The van der Waals surface area contributed by atoms with Crippen molar-refractivity contribution in [3.05, 3.63) is 60.2 Å². The van der Waals surface area contributed by atoms with Gasteiger partial charge in [-0.1, -0.05) is 54.6 Å².